The zero-order valence-corrected chi connectivity index (χ0v) is 21.2. The maximum atomic E-state index is 14.0. The minimum absolute atomic E-state index is 0.273. The highest BCUT2D eigenvalue weighted by atomic mass is 16.1. The summed E-state index contributed by atoms with van der Waals surface area (Å²) in [6, 6.07) is 39.6. The molecule has 0 saturated heterocycles. The number of hydrogen-bond donors (Lipinski definition) is 0. The lowest BCUT2D eigenvalue weighted by atomic mass is 10.0. The zero-order chi connectivity index (χ0) is 26.3. The van der Waals surface area contributed by atoms with Gasteiger partial charge in [0.25, 0.3) is 5.56 Å². The second kappa shape index (κ2) is 9.19. The van der Waals surface area contributed by atoms with E-state index in [2.05, 4.69) is 17.1 Å². The van der Waals surface area contributed by atoms with Gasteiger partial charge < -0.3 is 0 Å². The van der Waals surface area contributed by atoms with E-state index in [0.717, 1.165) is 39.1 Å². The number of nitrogens with zero attached hydrogens (tertiary/aromatic N) is 5. The molecule has 7 rings (SSSR count). The predicted molar refractivity (Wildman–Crippen MR) is 155 cm³/mol. The van der Waals surface area contributed by atoms with Gasteiger partial charge in [0.1, 0.15) is 5.69 Å². The number of rotatable bonds is 4. The molecule has 3 heterocycles. The summed E-state index contributed by atoms with van der Waals surface area (Å²) in [4.78, 5) is 18.7. The van der Waals surface area contributed by atoms with Crippen LogP contribution < -0.4 is 5.56 Å². The Bertz CT molecular complexity index is 2030. The molecule has 0 aliphatic heterocycles. The van der Waals surface area contributed by atoms with Gasteiger partial charge in [0.15, 0.2) is 5.52 Å². The SMILES string of the molecule is Cc1ccc2cc(-n3nc4c(=O)n(-c5ccccc5)nc(-c5ccccc5)c4c3-c3ccccc3)ccc2n1. The van der Waals surface area contributed by atoms with Gasteiger partial charge in [-0.2, -0.15) is 14.9 Å². The number of fused-ring (bicyclic) bond motifs is 2. The normalized spacial score (nSPS) is 11.3. The summed E-state index contributed by atoms with van der Waals surface area (Å²) in [6.07, 6.45) is 0. The molecule has 0 atom stereocenters. The van der Waals surface area contributed by atoms with Crippen LogP contribution in [0.25, 0.3) is 55.7 Å². The van der Waals surface area contributed by atoms with Crippen LogP contribution in [0.3, 0.4) is 0 Å². The minimum Gasteiger partial charge on any atom is -0.265 e. The molecule has 7 aromatic rings. The highest BCUT2D eigenvalue weighted by Gasteiger charge is 2.24. The lowest BCUT2D eigenvalue weighted by molar-refractivity contribution is 0.819. The van der Waals surface area contributed by atoms with Gasteiger partial charge in [-0.25, -0.2) is 4.68 Å². The van der Waals surface area contributed by atoms with Crippen molar-refractivity contribution >= 4 is 21.8 Å². The second-order valence-corrected chi connectivity index (χ2v) is 9.45. The number of hydrogen-bond acceptors (Lipinski definition) is 4. The Morgan fingerprint density at radius 2 is 1.28 bits per heavy atom. The summed E-state index contributed by atoms with van der Waals surface area (Å²) >= 11 is 0. The van der Waals surface area contributed by atoms with Crippen LogP contribution in [0.5, 0.6) is 0 Å². The van der Waals surface area contributed by atoms with E-state index in [9.17, 15) is 4.79 Å². The summed E-state index contributed by atoms with van der Waals surface area (Å²) in [6.45, 7) is 1.98. The molecule has 0 unspecified atom stereocenters. The van der Waals surface area contributed by atoms with Crippen molar-refractivity contribution in [3.05, 3.63) is 137 Å². The maximum absolute atomic E-state index is 14.0. The maximum Gasteiger partial charge on any atom is 0.299 e. The van der Waals surface area contributed by atoms with E-state index in [1.165, 1.54) is 4.68 Å². The van der Waals surface area contributed by atoms with E-state index in [4.69, 9.17) is 10.2 Å². The van der Waals surface area contributed by atoms with Gasteiger partial charge in [0.2, 0.25) is 0 Å². The molecular formula is C33H23N5O. The van der Waals surface area contributed by atoms with E-state index in [-0.39, 0.29) is 5.56 Å². The van der Waals surface area contributed by atoms with Crippen LogP contribution in [0.1, 0.15) is 5.69 Å². The molecule has 0 fully saturated rings. The van der Waals surface area contributed by atoms with Crippen molar-refractivity contribution in [2.24, 2.45) is 0 Å². The molecule has 4 aromatic carbocycles. The molecule has 0 aliphatic rings. The molecule has 6 heteroatoms. The molecule has 0 spiro atoms. The van der Waals surface area contributed by atoms with Crippen LogP contribution in [0.4, 0.5) is 0 Å². The summed E-state index contributed by atoms with van der Waals surface area (Å²) in [7, 11) is 0. The molecule has 0 bridgehead atoms. The van der Waals surface area contributed by atoms with E-state index >= 15 is 0 Å². The molecule has 0 radical (unpaired) electrons. The van der Waals surface area contributed by atoms with Gasteiger partial charge in [-0.3, -0.25) is 9.78 Å². The van der Waals surface area contributed by atoms with Gasteiger partial charge in [-0.15, -0.1) is 0 Å². The average Bonchev–Trinajstić information content (AvgIpc) is 3.40. The van der Waals surface area contributed by atoms with Crippen molar-refractivity contribution in [3.63, 3.8) is 0 Å². The predicted octanol–water partition coefficient (Wildman–Crippen LogP) is 6.76. The van der Waals surface area contributed by atoms with E-state index in [0.29, 0.717) is 22.3 Å². The third-order valence-electron chi connectivity index (χ3n) is 6.87. The Labute approximate surface area is 224 Å². The van der Waals surface area contributed by atoms with Crippen molar-refractivity contribution in [1.82, 2.24) is 24.5 Å². The van der Waals surface area contributed by atoms with E-state index in [1.54, 1.807) is 0 Å². The first kappa shape index (κ1) is 22.8. The first-order valence-electron chi connectivity index (χ1n) is 12.8. The second-order valence-electron chi connectivity index (χ2n) is 9.45. The summed E-state index contributed by atoms with van der Waals surface area (Å²) < 4.78 is 3.31. The molecule has 0 amide bonds. The van der Waals surface area contributed by atoms with Gasteiger partial charge in [0.05, 0.1) is 28.0 Å². The number of benzene rings is 4. The highest BCUT2D eigenvalue weighted by Crippen LogP contribution is 2.36. The fourth-order valence-corrected chi connectivity index (χ4v) is 5.03. The largest absolute Gasteiger partial charge is 0.299 e. The molecule has 186 valence electrons. The number of para-hydroxylation sites is 1. The van der Waals surface area contributed by atoms with Crippen molar-refractivity contribution in [2.75, 3.05) is 0 Å². The van der Waals surface area contributed by atoms with Crippen LogP contribution in [-0.4, -0.2) is 24.5 Å². The summed E-state index contributed by atoms with van der Waals surface area (Å²) in [5.41, 5.74) is 6.84. The molecule has 0 saturated carbocycles. The lowest BCUT2D eigenvalue weighted by Gasteiger charge is -2.12. The Hall–Kier alpha value is -5.36. The van der Waals surface area contributed by atoms with Gasteiger partial charge in [-0.1, -0.05) is 84.9 Å². The summed E-state index contributed by atoms with van der Waals surface area (Å²) in [5.74, 6) is 0. The van der Waals surface area contributed by atoms with Crippen LogP contribution in [-0.2, 0) is 0 Å². The first-order valence-corrected chi connectivity index (χ1v) is 12.8. The third kappa shape index (κ3) is 3.90. The number of aromatic nitrogens is 5. The van der Waals surface area contributed by atoms with E-state index in [1.807, 2.05) is 121 Å². The van der Waals surface area contributed by atoms with Crippen LogP contribution in [0, 0.1) is 6.92 Å². The number of aryl methyl sites for hydroxylation is 1. The molecule has 6 nitrogen and oxygen atoms in total. The molecule has 39 heavy (non-hydrogen) atoms. The third-order valence-corrected chi connectivity index (χ3v) is 6.87. The van der Waals surface area contributed by atoms with Crippen LogP contribution >= 0.6 is 0 Å². The fraction of sp³-hybridized carbons (Fsp3) is 0.0303. The Balaban J connectivity index is 1.62. The lowest BCUT2D eigenvalue weighted by Crippen LogP contribution is -2.22. The zero-order valence-electron chi connectivity index (χ0n) is 21.2. The Morgan fingerprint density at radius 3 is 2.00 bits per heavy atom. The standard InChI is InChI=1S/C33H23N5O/c1-22-17-18-25-21-27(19-20-28(25)34-22)37-32(24-13-7-3-8-14-24)29-30(23-11-5-2-6-12-23)35-38(33(39)31(29)36-37)26-15-9-4-10-16-26/h2-21H,1H3. The Kier molecular flexibility index (Phi) is 5.37. The van der Waals surface area contributed by atoms with Crippen molar-refractivity contribution in [1.29, 1.82) is 0 Å². The van der Waals surface area contributed by atoms with Crippen molar-refractivity contribution < 1.29 is 0 Å². The van der Waals surface area contributed by atoms with E-state index < -0.39 is 0 Å². The van der Waals surface area contributed by atoms with Crippen LogP contribution in [0.15, 0.2) is 126 Å². The van der Waals surface area contributed by atoms with Crippen molar-refractivity contribution in [3.8, 4) is 33.9 Å². The highest BCUT2D eigenvalue weighted by molar-refractivity contribution is 6.03. The first-order chi connectivity index (χ1) is 19.2. The monoisotopic (exact) mass is 505 g/mol. The van der Waals surface area contributed by atoms with Gasteiger partial charge in [-0.05, 0) is 43.3 Å². The molecule has 0 aliphatic carbocycles. The van der Waals surface area contributed by atoms with Gasteiger partial charge >= 0.3 is 0 Å². The quantitative estimate of drug-likeness (QED) is 0.265. The van der Waals surface area contributed by atoms with Crippen molar-refractivity contribution in [2.45, 2.75) is 6.92 Å². The van der Waals surface area contributed by atoms with Crippen LogP contribution in [0.2, 0.25) is 0 Å². The fourth-order valence-electron chi connectivity index (χ4n) is 5.03. The minimum atomic E-state index is -0.273. The average molecular weight is 506 g/mol. The molecule has 0 N–H and O–H groups in total. The molecule has 3 aromatic heterocycles. The molecular weight excluding hydrogens is 482 g/mol. The van der Waals surface area contributed by atoms with Gasteiger partial charge in [0, 0.05) is 22.2 Å². The smallest absolute Gasteiger partial charge is 0.265 e. The topological polar surface area (TPSA) is 65.6 Å². The number of pyridine rings is 1. The Morgan fingerprint density at radius 1 is 0.615 bits per heavy atom. The summed E-state index contributed by atoms with van der Waals surface area (Å²) in [5, 5.41) is 11.6.